The predicted molar refractivity (Wildman–Crippen MR) is 86.3 cm³/mol. The highest BCUT2D eigenvalue weighted by molar-refractivity contribution is 5.99. The Kier molecular flexibility index (Phi) is 3.43. The van der Waals surface area contributed by atoms with Crippen molar-refractivity contribution in [1.82, 2.24) is 9.97 Å². The van der Waals surface area contributed by atoms with Crippen LogP contribution < -0.4 is 22.5 Å². The van der Waals surface area contributed by atoms with Crippen LogP contribution in [0.1, 0.15) is 0 Å². The van der Waals surface area contributed by atoms with Gasteiger partial charge in [0.2, 0.25) is 5.58 Å². The van der Waals surface area contributed by atoms with Crippen molar-refractivity contribution in [3.63, 3.8) is 0 Å². The van der Waals surface area contributed by atoms with Gasteiger partial charge in [-0.25, -0.2) is 29.1 Å². The van der Waals surface area contributed by atoms with Crippen molar-refractivity contribution < 1.29 is 17.7 Å². The summed E-state index contributed by atoms with van der Waals surface area (Å²) in [6.45, 7) is 0. The standard InChI is InChI=1S/C16H6N2O8/c19-9-3-4-10(20)24-14-8(23-9)2-1-7-13(14)18-16-15(17-7)25-11(21)5-6-12(22)26-16/h1-6H. The molecule has 0 bridgehead atoms. The summed E-state index contributed by atoms with van der Waals surface area (Å²) in [5.74, 6) is 0. The number of benzene rings is 1. The van der Waals surface area contributed by atoms with Gasteiger partial charge < -0.3 is 17.7 Å². The Bertz CT molecular complexity index is 1450. The minimum atomic E-state index is -0.873. The molecular weight excluding hydrogens is 348 g/mol. The van der Waals surface area contributed by atoms with Gasteiger partial charge in [-0.15, -0.1) is 0 Å². The molecule has 0 aliphatic carbocycles. The summed E-state index contributed by atoms with van der Waals surface area (Å²) in [4.78, 5) is 54.6. The first kappa shape index (κ1) is 15.4. The predicted octanol–water partition coefficient (Wildman–Crippen LogP) is 0.873. The van der Waals surface area contributed by atoms with Gasteiger partial charge in [0, 0.05) is 24.3 Å². The SMILES string of the molecule is O=c1ccc(=O)oc2c(ccc3nc4oc(=O)ccc(=O)oc4nc32)o1. The molecule has 0 saturated carbocycles. The lowest BCUT2D eigenvalue weighted by Crippen LogP contribution is -2.03. The lowest BCUT2D eigenvalue weighted by molar-refractivity contribution is 0.504. The van der Waals surface area contributed by atoms with E-state index in [1.807, 2.05) is 0 Å². The van der Waals surface area contributed by atoms with E-state index in [0.29, 0.717) is 0 Å². The van der Waals surface area contributed by atoms with Gasteiger partial charge in [-0.3, -0.25) is 0 Å². The molecule has 0 spiro atoms. The lowest BCUT2D eigenvalue weighted by Gasteiger charge is -1.99. The number of nitrogens with zero attached hydrogens (tertiary/aromatic N) is 2. The Hall–Kier alpha value is -4.08. The van der Waals surface area contributed by atoms with E-state index < -0.39 is 28.2 Å². The quantitative estimate of drug-likeness (QED) is 0.445. The Morgan fingerprint density at radius 2 is 1.12 bits per heavy atom. The third-order valence-corrected chi connectivity index (χ3v) is 3.21. The topological polar surface area (TPSA) is 147 Å². The van der Waals surface area contributed by atoms with Crippen molar-refractivity contribution in [2.45, 2.75) is 0 Å². The van der Waals surface area contributed by atoms with Gasteiger partial charge in [0.25, 0.3) is 11.4 Å². The summed E-state index contributed by atoms with van der Waals surface area (Å²) < 4.78 is 20.1. The number of hydrogen-bond acceptors (Lipinski definition) is 10. The van der Waals surface area contributed by atoms with Crippen LogP contribution >= 0.6 is 0 Å². The molecule has 0 fully saturated rings. The second-order valence-corrected chi connectivity index (χ2v) is 4.95. The molecule has 0 amide bonds. The highest BCUT2D eigenvalue weighted by atomic mass is 16.4. The molecule has 3 heterocycles. The summed E-state index contributed by atoms with van der Waals surface area (Å²) >= 11 is 0. The largest absolute Gasteiger partial charge is 0.419 e. The third-order valence-electron chi connectivity index (χ3n) is 3.21. The van der Waals surface area contributed by atoms with E-state index in [-0.39, 0.29) is 27.9 Å². The summed E-state index contributed by atoms with van der Waals surface area (Å²) in [6, 6.07) is 6.27. The van der Waals surface area contributed by atoms with Crippen molar-refractivity contribution in [2.24, 2.45) is 0 Å². The van der Waals surface area contributed by atoms with Crippen molar-refractivity contribution in [3.05, 3.63) is 78.1 Å². The van der Waals surface area contributed by atoms with Crippen LogP contribution in [0, 0.1) is 0 Å². The zero-order valence-electron chi connectivity index (χ0n) is 12.6. The molecule has 0 aliphatic rings. The van der Waals surface area contributed by atoms with E-state index in [1.54, 1.807) is 0 Å². The van der Waals surface area contributed by atoms with Crippen LogP contribution in [0.3, 0.4) is 0 Å². The molecule has 4 aromatic rings. The normalized spacial score (nSPS) is 10.9. The van der Waals surface area contributed by atoms with Gasteiger partial charge >= 0.3 is 22.5 Å². The van der Waals surface area contributed by atoms with Crippen LogP contribution in [-0.2, 0) is 0 Å². The van der Waals surface area contributed by atoms with Crippen molar-refractivity contribution in [1.29, 1.82) is 0 Å². The van der Waals surface area contributed by atoms with Gasteiger partial charge in [-0.2, -0.15) is 0 Å². The molecule has 0 unspecified atom stereocenters. The van der Waals surface area contributed by atoms with E-state index in [2.05, 4.69) is 9.97 Å². The minimum Gasteiger partial charge on any atom is -0.419 e. The highest BCUT2D eigenvalue weighted by Gasteiger charge is 2.11. The minimum absolute atomic E-state index is 0.0360. The van der Waals surface area contributed by atoms with Crippen LogP contribution in [-0.4, -0.2) is 9.97 Å². The summed E-state index contributed by atoms with van der Waals surface area (Å²) in [6.07, 6.45) is 0. The van der Waals surface area contributed by atoms with Gasteiger partial charge in [0.15, 0.2) is 5.58 Å². The monoisotopic (exact) mass is 354 g/mol. The molecule has 4 rings (SSSR count). The van der Waals surface area contributed by atoms with E-state index in [9.17, 15) is 19.2 Å². The zero-order valence-corrected chi connectivity index (χ0v) is 12.6. The van der Waals surface area contributed by atoms with Gasteiger partial charge in [-0.05, 0) is 12.1 Å². The Morgan fingerprint density at radius 3 is 1.77 bits per heavy atom. The van der Waals surface area contributed by atoms with E-state index in [0.717, 1.165) is 24.3 Å². The van der Waals surface area contributed by atoms with Crippen LogP contribution in [0.15, 0.2) is 73.2 Å². The number of hydrogen-bond donors (Lipinski definition) is 0. The first-order valence-electron chi connectivity index (χ1n) is 7.08. The number of fused-ring (bicyclic) bond motifs is 4. The molecule has 0 N–H and O–H groups in total. The second-order valence-electron chi connectivity index (χ2n) is 4.95. The Morgan fingerprint density at radius 1 is 0.577 bits per heavy atom. The smallest absolute Gasteiger partial charge is 0.337 e. The molecule has 10 heteroatoms. The number of aromatic nitrogens is 2. The van der Waals surface area contributed by atoms with Crippen molar-refractivity contribution >= 4 is 33.6 Å². The average molecular weight is 354 g/mol. The average Bonchev–Trinajstić information content (AvgIpc) is 2.58. The maximum absolute atomic E-state index is 11.7. The van der Waals surface area contributed by atoms with Crippen LogP contribution in [0.5, 0.6) is 0 Å². The summed E-state index contributed by atoms with van der Waals surface area (Å²) in [5.41, 5.74) is -4.25. The fourth-order valence-electron chi connectivity index (χ4n) is 2.17. The molecular formula is C16H6N2O8. The molecule has 26 heavy (non-hydrogen) atoms. The summed E-state index contributed by atoms with van der Waals surface area (Å²) in [7, 11) is 0. The molecule has 128 valence electrons. The van der Waals surface area contributed by atoms with Gasteiger partial charge in [0.05, 0.1) is 5.52 Å². The van der Waals surface area contributed by atoms with Gasteiger partial charge in [-0.1, -0.05) is 0 Å². The highest BCUT2D eigenvalue weighted by Crippen LogP contribution is 2.22. The fraction of sp³-hybridized carbons (Fsp3) is 0. The summed E-state index contributed by atoms with van der Waals surface area (Å²) in [5, 5.41) is 0. The molecule has 0 aliphatic heterocycles. The molecule has 0 radical (unpaired) electrons. The van der Waals surface area contributed by atoms with Crippen LogP contribution in [0.2, 0.25) is 0 Å². The van der Waals surface area contributed by atoms with E-state index in [1.165, 1.54) is 12.1 Å². The number of rotatable bonds is 0. The van der Waals surface area contributed by atoms with Gasteiger partial charge in [0.1, 0.15) is 5.52 Å². The molecule has 0 saturated heterocycles. The second kappa shape index (κ2) is 5.77. The Labute approximate surface area is 140 Å². The molecule has 10 nitrogen and oxygen atoms in total. The van der Waals surface area contributed by atoms with Crippen molar-refractivity contribution in [3.8, 4) is 0 Å². The lowest BCUT2D eigenvalue weighted by atomic mass is 10.3. The Balaban J connectivity index is 2.30. The zero-order chi connectivity index (χ0) is 18.3. The third kappa shape index (κ3) is 2.75. The van der Waals surface area contributed by atoms with E-state index in [4.69, 9.17) is 17.7 Å². The van der Waals surface area contributed by atoms with Crippen LogP contribution in [0.25, 0.3) is 33.6 Å². The first-order valence-corrected chi connectivity index (χ1v) is 7.08. The maximum atomic E-state index is 11.7. The fourth-order valence-corrected chi connectivity index (χ4v) is 2.17. The van der Waals surface area contributed by atoms with Crippen LogP contribution in [0.4, 0.5) is 0 Å². The van der Waals surface area contributed by atoms with E-state index >= 15 is 0 Å². The molecule has 0 atom stereocenters. The first-order chi connectivity index (χ1) is 12.5. The molecule has 1 aromatic carbocycles. The van der Waals surface area contributed by atoms with Crippen molar-refractivity contribution in [2.75, 3.05) is 0 Å². The molecule has 3 aromatic heterocycles. The maximum Gasteiger partial charge on any atom is 0.337 e.